The standard InChI is InChI=1S/C36H48N2O8/c1-23-14-13-17-27-20-28(39)21-30(34(27)42)38-32(40)22-29(45-4)18-11-6-5-7-12-19-31(24(2)33(23)41)46-36(44)25(3)37-35(43)26-15-9-8-10-16-26/h5-7,11-12,14,18,20-21,24-26,29,31,33,41H,8-10,13,15-17,19,22H2,1-4H3,(H,37,43)(H,38,40)/b6-5-,12-7-,18-11-,23-14-/t24?,25-,29?,31?,33?/m1/s1. The second kappa shape index (κ2) is 18.3. The molecule has 0 aromatic carbocycles. The maximum absolute atomic E-state index is 13.1. The highest BCUT2D eigenvalue weighted by Crippen LogP contribution is 2.25. The fourth-order valence-electron chi connectivity index (χ4n) is 5.73. The lowest BCUT2D eigenvalue weighted by Crippen LogP contribution is -2.45. The van der Waals surface area contributed by atoms with Gasteiger partial charge < -0.3 is 25.2 Å². The van der Waals surface area contributed by atoms with Crippen LogP contribution in [0.15, 0.2) is 71.5 Å². The van der Waals surface area contributed by atoms with Gasteiger partial charge in [0.1, 0.15) is 12.1 Å². The molecule has 0 aromatic heterocycles. The predicted molar refractivity (Wildman–Crippen MR) is 174 cm³/mol. The summed E-state index contributed by atoms with van der Waals surface area (Å²) in [6.45, 7) is 5.16. The van der Waals surface area contributed by atoms with Crippen molar-refractivity contribution in [2.24, 2.45) is 11.8 Å². The van der Waals surface area contributed by atoms with Crippen molar-refractivity contribution in [3.63, 3.8) is 0 Å². The number of nitrogens with one attached hydrogen (secondary N) is 2. The van der Waals surface area contributed by atoms with Crippen LogP contribution in [-0.2, 0) is 33.4 Å². The number of allylic oxidation sites excluding steroid dienone is 8. The summed E-state index contributed by atoms with van der Waals surface area (Å²) in [7, 11) is 1.47. The van der Waals surface area contributed by atoms with Gasteiger partial charge in [-0.05, 0) is 51.2 Å². The van der Waals surface area contributed by atoms with Gasteiger partial charge >= 0.3 is 5.97 Å². The molecule has 1 aliphatic heterocycles. The lowest BCUT2D eigenvalue weighted by Gasteiger charge is -2.29. The molecule has 3 aliphatic rings. The van der Waals surface area contributed by atoms with Crippen LogP contribution in [0.1, 0.15) is 78.6 Å². The van der Waals surface area contributed by atoms with Gasteiger partial charge in [0.15, 0.2) is 5.78 Å². The molecule has 4 unspecified atom stereocenters. The Labute approximate surface area is 271 Å². The van der Waals surface area contributed by atoms with Gasteiger partial charge in [0.2, 0.25) is 17.6 Å². The highest BCUT2D eigenvalue weighted by Gasteiger charge is 2.31. The van der Waals surface area contributed by atoms with Crippen LogP contribution in [0.2, 0.25) is 0 Å². The first-order valence-electron chi connectivity index (χ1n) is 16.2. The number of aliphatic hydroxyl groups excluding tert-OH is 1. The quantitative estimate of drug-likeness (QED) is 0.230. The molecule has 1 heterocycles. The summed E-state index contributed by atoms with van der Waals surface area (Å²) in [5.74, 6) is -2.59. The molecule has 3 rings (SSSR count). The molecular formula is C36H48N2O8. The smallest absolute Gasteiger partial charge is 0.328 e. The van der Waals surface area contributed by atoms with Gasteiger partial charge in [0, 0.05) is 37.0 Å². The van der Waals surface area contributed by atoms with Crippen LogP contribution in [0.25, 0.3) is 0 Å². The number of fused-ring (bicyclic) bond motifs is 2. The van der Waals surface area contributed by atoms with E-state index in [9.17, 15) is 29.1 Å². The number of esters is 1. The van der Waals surface area contributed by atoms with Crippen LogP contribution in [-0.4, -0.2) is 65.9 Å². The number of hydrogen-bond acceptors (Lipinski definition) is 8. The molecule has 0 radical (unpaired) electrons. The minimum absolute atomic E-state index is 0.0567. The normalized spacial score (nSPS) is 29.8. The molecule has 1 saturated carbocycles. The first kappa shape index (κ1) is 36.6. The highest BCUT2D eigenvalue weighted by molar-refractivity contribution is 6.21. The van der Waals surface area contributed by atoms with E-state index in [1.807, 2.05) is 6.08 Å². The summed E-state index contributed by atoms with van der Waals surface area (Å²) in [4.78, 5) is 63.8. The molecule has 1 fully saturated rings. The fraction of sp³-hybridized carbons (Fsp3) is 0.528. The zero-order valence-corrected chi connectivity index (χ0v) is 27.3. The molecule has 10 heteroatoms. The van der Waals surface area contributed by atoms with Gasteiger partial charge in [-0.1, -0.05) is 68.7 Å². The Kier molecular flexibility index (Phi) is 14.6. The molecule has 46 heavy (non-hydrogen) atoms. The molecule has 0 saturated heterocycles. The van der Waals surface area contributed by atoms with E-state index < -0.39 is 53.7 Å². The number of ether oxygens (including phenoxy) is 2. The lowest BCUT2D eigenvalue weighted by molar-refractivity contribution is -0.156. The Morgan fingerprint density at radius 2 is 1.76 bits per heavy atom. The Hall–Kier alpha value is -3.89. The Morgan fingerprint density at radius 1 is 1.04 bits per heavy atom. The average molecular weight is 637 g/mol. The maximum Gasteiger partial charge on any atom is 0.328 e. The van der Waals surface area contributed by atoms with Gasteiger partial charge in [0.05, 0.1) is 24.3 Å². The van der Waals surface area contributed by atoms with Crippen LogP contribution in [0.4, 0.5) is 0 Å². The van der Waals surface area contributed by atoms with Crippen molar-refractivity contribution in [2.45, 2.75) is 103 Å². The third-order valence-electron chi connectivity index (χ3n) is 8.65. The van der Waals surface area contributed by atoms with Crippen LogP contribution in [0.5, 0.6) is 0 Å². The van der Waals surface area contributed by atoms with E-state index in [1.165, 1.54) is 13.2 Å². The molecule has 0 aromatic rings. The van der Waals surface area contributed by atoms with Crippen molar-refractivity contribution in [1.82, 2.24) is 10.6 Å². The summed E-state index contributed by atoms with van der Waals surface area (Å²) >= 11 is 0. The zero-order valence-electron chi connectivity index (χ0n) is 27.3. The van der Waals surface area contributed by atoms with Crippen LogP contribution in [0, 0.1) is 11.8 Å². The highest BCUT2D eigenvalue weighted by atomic mass is 16.5. The molecule has 2 bridgehead atoms. The third-order valence-corrected chi connectivity index (χ3v) is 8.65. The van der Waals surface area contributed by atoms with E-state index in [4.69, 9.17) is 9.47 Å². The van der Waals surface area contributed by atoms with Crippen LogP contribution < -0.4 is 10.6 Å². The predicted octanol–water partition coefficient (Wildman–Crippen LogP) is 4.26. The van der Waals surface area contributed by atoms with Gasteiger partial charge in [-0.25, -0.2) is 4.79 Å². The first-order chi connectivity index (χ1) is 22.0. The number of rotatable bonds is 5. The minimum Gasteiger partial charge on any atom is -0.460 e. The van der Waals surface area contributed by atoms with E-state index in [-0.39, 0.29) is 35.9 Å². The summed E-state index contributed by atoms with van der Waals surface area (Å²) in [6.07, 6.45) is 18.1. The molecule has 250 valence electrons. The monoisotopic (exact) mass is 636 g/mol. The summed E-state index contributed by atoms with van der Waals surface area (Å²) in [5, 5.41) is 16.6. The lowest BCUT2D eigenvalue weighted by atomic mass is 9.88. The number of hydrogen-bond donors (Lipinski definition) is 3. The van der Waals surface area contributed by atoms with E-state index in [1.54, 1.807) is 57.2 Å². The number of carbonyl (C=O) groups is 5. The van der Waals surface area contributed by atoms with Crippen molar-refractivity contribution in [1.29, 1.82) is 0 Å². The fourth-order valence-corrected chi connectivity index (χ4v) is 5.73. The molecule has 10 nitrogen and oxygen atoms in total. The Balaban J connectivity index is 1.79. The molecule has 3 N–H and O–H groups in total. The van der Waals surface area contributed by atoms with Crippen molar-refractivity contribution in [2.75, 3.05) is 7.11 Å². The third kappa shape index (κ3) is 11.2. The number of methoxy groups -OCH3 is 1. The van der Waals surface area contributed by atoms with Gasteiger partial charge in [-0.3, -0.25) is 19.2 Å². The second-order valence-electron chi connectivity index (χ2n) is 12.3. The van der Waals surface area contributed by atoms with Crippen LogP contribution >= 0.6 is 0 Å². The molecular weight excluding hydrogens is 588 g/mol. The zero-order chi connectivity index (χ0) is 33.6. The van der Waals surface area contributed by atoms with Gasteiger partial charge in [0.25, 0.3) is 0 Å². The van der Waals surface area contributed by atoms with Crippen LogP contribution in [0.3, 0.4) is 0 Å². The molecule has 2 amide bonds. The number of amides is 2. The average Bonchev–Trinajstić information content (AvgIpc) is 3.04. The van der Waals surface area contributed by atoms with E-state index in [0.29, 0.717) is 18.4 Å². The maximum atomic E-state index is 13.1. The second-order valence-corrected chi connectivity index (χ2v) is 12.3. The molecule has 2 aliphatic carbocycles. The topological polar surface area (TPSA) is 148 Å². The minimum atomic E-state index is -0.968. The number of Topliss-reactive ketones (excluding diaryl/α,β-unsaturated/α-hetero) is 1. The number of carbonyl (C=O) groups excluding carboxylic acids is 5. The SMILES string of the molecule is COC1\C=C/C=C\C=C/CC(OC(=O)[C@@H](C)NC(=O)C2CCCCC2)C(C)C(O)/C(C)=C\CCC2=CC(=O)C=C(NC(=O)C1)C2=O. The number of aliphatic hydroxyl groups is 1. The largest absolute Gasteiger partial charge is 0.460 e. The van der Waals surface area contributed by atoms with Crippen molar-refractivity contribution in [3.05, 3.63) is 71.5 Å². The Bertz CT molecular complexity index is 1310. The van der Waals surface area contributed by atoms with Crippen molar-refractivity contribution in [3.8, 4) is 0 Å². The summed E-state index contributed by atoms with van der Waals surface area (Å²) in [5.41, 5.74) is 0.803. The van der Waals surface area contributed by atoms with Crippen molar-refractivity contribution < 1.29 is 38.6 Å². The number of ketones is 2. The van der Waals surface area contributed by atoms with E-state index in [0.717, 1.165) is 38.2 Å². The summed E-state index contributed by atoms with van der Waals surface area (Å²) < 4.78 is 11.3. The van der Waals surface area contributed by atoms with Gasteiger partial charge in [-0.15, -0.1) is 0 Å². The van der Waals surface area contributed by atoms with E-state index >= 15 is 0 Å². The molecule has 0 spiro atoms. The van der Waals surface area contributed by atoms with Gasteiger partial charge in [-0.2, -0.15) is 0 Å². The van der Waals surface area contributed by atoms with E-state index in [2.05, 4.69) is 10.6 Å². The van der Waals surface area contributed by atoms with Crippen molar-refractivity contribution >= 4 is 29.4 Å². The first-order valence-corrected chi connectivity index (χ1v) is 16.2. The Morgan fingerprint density at radius 3 is 2.48 bits per heavy atom. The molecule has 5 atom stereocenters. The summed E-state index contributed by atoms with van der Waals surface area (Å²) in [6, 6.07) is -0.840.